The van der Waals surface area contributed by atoms with Crippen LogP contribution in [0, 0.1) is 0 Å². The number of ether oxygens (including phenoxy) is 1. The lowest BCUT2D eigenvalue weighted by molar-refractivity contribution is -0.151. The molecule has 5 heteroatoms. The molecule has 0 radical (unpaired) electrons. The molecule has 0 amide bonds. The van der Waals surface area contributed by atoms with Crippen LogP contribution in [0.25, 0.3) is 0 Å². The second kappa shape index (κ2) is 5.42. The molecule has 4 nitrogen and oxygen atoms in total. The van der Waals surface area contributed by atoms with Crippen LogP contribution in [0.5, 0.6) is 0 Å². The molecule has 0 bridgehead atoms. The first kappa shape index (κ1) is 12.9. The number of halogens is 1. The summed E-state index contributed by atoms with van der Waals surface area (Å²) in [5.41, 5.74) is 2.71. The first-order chi connectivity index (χ1) is 8.66. The van der Waals surface area contributed by atoms with Crippen LogP contribution in [-0.4, -0.2) is 18.1 Å². The number of esters is 1. The molecule has 96 valence electrons. The molecule has 1 aliphatic heterocycles. The molecule has 0 saturated carbocycles. The van der Waals surface area contributed by atoms with Crippen molar-refractivity contribution in [2.45, 2.75) is 18.9 Å². The number of carbonyl (C=O) groups excluding carboxylic acids is 1. The maximum absolute atomic E-state index is 12.0. The largest absolute Gasteiger partial charge is 0.464 e. The van der Waals surface area contributed by atoms with Gasteiger partial charge in [-0.25, -0.2) is 4.79 Å². The smallest absolute Gasteiger partial charge is 0.334 e. The maximum Gasteiger partial charge on any atom is 0.334 e. The molecule has 2 rings (SSSR count). The van der Waals surface area contributed by atoms with Crippen molar-refractivity contribution < 1.29 is 14.4 Å². The molecule has 1 N–H and O–H groups in total. The molecule has 0 spiro atoms. The Morgan fingerprint density at radius 3 is 2.72 bits per heavy atom. The van der Waals surface area contributed by atoms with Gasteiger partial charge in [-0.2, -0.15) is 0 Å². The normalized spacial score (nSPS) is 21.7. The SMILES string of the molecule is CCOC(=O)C1(Cc2ccc(Cl)cc2)C=CON1. The van der Waals surface area contributed by atoms with Crippen LogP contribution in [0.3, 0.4) is 0 Å². The number of rotatable bonds is 4. The first-order valence-electron chi connectivity index (χ1n) is 5.68. The van der Waals surface area contributed by atoms with Gasteiger partial charge in [0.05, 0.1) is 6.61 Å². The lowest BCUT2D eigenvalue weighted by Crippen LogP contribution is -2.49. The van der Waals surface area contributed by atoms with Gasteiger partial charge in [0.1, 0.15) is 6.26 Å². The van der Waals surface area contributed by atoms with E-state index in [1.807, 2.05) is 12.1 Å². The molecule has 18 heavy (non-hydrogen) atoms. The Morgan fingerprint density at radius 2 is 2.17 bits per heavy atom. The molecule has 0 saturated heterocycles. The van der Waals surface area contributed by atoms with Crippen LogP contribution in [0.1, 0.15) is 12.5 Å². The molecule has 0 aliphatic carbocycles. The van der Waals surface area contributed by atoms with Crippen molar-refractivity contribution >= 4 is 17.6 Å². The summed E-state index contributed by atoms with van der Waals surface area (Å²) in [6, 6.07) is 7.32. The molecule has 1 heterocycles. The highest BCUT2D eigenvalue weighted by atomic mass is 35.5. The van der Waals surface area contributed by atoms with Crippen LogP contribution in [-0.2, 0) is 20.8 Å². The van der Waals surface area contributed by atoms with Gasteiger partial charge in [-0.05, 0) is 30.7 Å². The van der Waals surface area contributed by atoms with Crippen LogP contribution >= 0.6 is 11.6 Å². The zero-order chi connectivity index (χ0) is 13.0. The van der Waals surface area contributed by atoms with Gasteiger partial charge in [-0.15, -0.1) is 5.48 Å². The Balaban J connectivity index is 2.18. The van der Waals surface area contributed by atoms with Gasteiger partial charge in [0.25, 0.3) is 0 Å². The zero-order valence-electron chi connectivity index (χ0n) is 9.98. The summed E-state index contributed by atoms with van der Waals surface area (Å²) in [5.74, 6) is -0.353. The third kappa shape index (κ3) is 2.66. The highest BCUT2D eigenvalue weighted by molar-refractivity contribution is 6.30. The summed E-state index contributed by atoms with van der Waals surface area (Å²) >= 11 is 5.83. The number of benzene rings is 1. The Morgan fingerprint density at radius 1 is 1.44 bits per heavy atom. The number of hydroxylamine groups is 1. The molecule has 0 fully saturated rings. The third-order valence-corrected chi connectivity index (χ3v) is 2.95. The molecule has 1 aromatic rings. The van der Waals surface area contributed by atoms with Gasteiger partial charge in [-0.1, -0.05) is 23.7 Å². The second-order valence-electron chi connectivity index (χ2n) is 4.02. The highest BCUT2D eigenvalue weighted by Crippen LogP contribution is 2.22. The maximum atomic E-state index is 12.0. The average Bonchev–Trinajstić information content (AvgIpc) is 2.82. The Bertz CT molecular complexity index is 458. The minimum absolute atomic E-state index is 0.330. The molecule has 1 aliphatic rings. The standard InChI is InChI=1S/C13H14ClNO3/c1-2-17-12(16)13(7-8-18-15-13)9-10-3-5-11(14)6-4-10/h3-8,15H,2,9H2,1H3. The van der Waals surface area contributed by atoms with Crippen molar-refractivity contribution in [2.75, 3.05) is 6.61 Å². The molecule has 0 aromatic heterocycles. The van der Waals surface area contributed by atoms with E-state index < -0.39 is 5.54 Å². The van der Waals surface area contributed by atoms with Crippen molar-refractivity contribution in [2.24, 2.45) is 0 Å². The summed E-state index contributed by atoms with van der Waals surface area (Å²) in [4.78, 5) is 17.0. The molecular weight excluding hydrogens is 254 g/mol. The fourth-order valence-corrected chi connectivity index (χ4v) is 1.91. The van der Waals surface area contributed by atoms with Crippen molar-refractivity contribution in [3.8, 4) is 0 Å². The topological polar surface area (TPSA) is 47.6 Å². The van der Waals surface area contributed by atoms with Crippen molar-refractivity contribution in [1.82, 2.24) is 5.48 Å². The van der Waals surface area contributed by atoms with E-state index in [1.165, 1.54) is 6.26 Å². The van der Waals surface area contributed by atoms with E-state index >= 15 is 0 Å². The summed E-state index contributed by atoms with van der Waals surface area (Å²) in [7, 11) is 0. The van der Waals surface area contributed by atoms with E-state index in [-0.39, 0.29) is 5.97 Å². The Kier molecular flexibility index (Phi) is 3.89. The van der Waals surface area contributed by atoms with Crippen molar-refractivity contribution in [3.63, 3.8) is 0 Å². The Labute approximate surface area is 110 Å². The lowest BCUT2D eigenvalue weighted by Gasteiger charge is -2.23. The number of hydrogen-bond acceptors (Lipinski definition) is 4. The average molecular weight is 268 g/mol. The minimum atomic E-state index is -0.955. The predicted octanol–water partition coefficient (Wildman–Crippen LogP) is 2.23. The summed E-state index contributed by atoms with van der Waals surface area (Å²) in [5, 5.41) is 0.662. The minimum Gasteiger partial charge on any atom is -0.464 e. The van der Waals surface area contributed by atoms with Crippen LogP contribution in [0.15, 0.2) is 36.6 Å². The number of hydrogen-bond donors (Lipinski definition) is 1. The van der Waals surface area contributed by atoms with E-state index in [2.05, 4.69) is 5.48 Å². The quantitative estimate of drug-likeness (QED) is 0.850. The van der Waals surface area contributed by atoms with Crippen LogP contribution in [0.2, 0.25) is 5.02 Å². The van der Waals surface area contributed by atoms with Gasteiger partial charge in [0.15, 0.2) is 5.54 Å². The molecule has 1 unspecified atom stereocenters. The van der Waals surface area contributed by atoms with Crippen LogP contribution in [0.4, 0.5) is 0 Å². The van der Waals surface area contributed by atoms with Crippen molar-refractivity contribution in [3.05, 3.63) is 47.2 Å². The second-order valence-corrected chi connectivity index (χ2v) is 4.45. The van der Waals surface area contributed by atoms with E-state index in [4.69, 9.17) is 21.2 Å². The third-order valence-electron chi connectivity index (χ3n) is 2.70. The van der Waals surface area contributed by atoms with Gasteiger partial charge in [0.2, 0.25) is 0 Å². The Hall–Kier alpha value is -1.52. The van der Waals surface area contributed by atoms with Gasteiger partial charge in [0, 0.05) is 11.4 Å². The summed E-state index contributed by atoms with van der Waals surface area (Å²) < 4.78 is 5.07. The van der Waals surface area contributed by atoms with Gasteiger partial charge in [-0.3, -0.25) is 0 Å². The van der Waals surface area contributed by atoms with E-state index in [1.54, 1.807) is 25.1 Å². The number of nitrogens with one attached hydrogen (secondary N) is 1. The molecule has 1 aromatic carbocycles. The van der Waals surface area contributed by atoms with Crippen molar-refractivity contribution in [1.29, 1.82) is 0 Å². The van der Waals surface area contributed by atoms with Gasteiger partial charge >= 0.3 is 5.97 Å². The predicted molar refractivity (Wildman–Crippen MR) is 67.9 cm³/mol. The molecule has 1 atom stereocenters. The summed E-state index contributed by atoms with van der Waals surface area (Å²) in [6.07, 6.45) is 3.56. The first-order valence-corrected chi connectivity index (χ1v) is 6.06. The lowest BCUT2D eigenvalue weighted by atomic mass is 9.92. The fraction of sp³-hybridized carbons (Fsp3) is 0.308. The number of carbonyl (C=O) groups is 1. The zero-order valence-corrected chi connectivity index (χ0v) is 10.7. The van der Waals surface area contributed by atoms with E-state index in [0.717, 1.165) is 5.56 Å². The summed E-state index contributed by atoms with van der Waals surface area (Å²) in [6.45, 7) is 2.10. The van der Waals surface area contributed by atoms with Gasteiger partial charge < -0.3 is 9.57 Å². The van der Waals surface area contributed by atoms with E-state index in [9.17, 15) is 4.79 Å². The molecular formula is C13H14ClNO3. The van der Waals surface area contributed by atoms with E-state index in [0.29, 0.717) is 18.1 Å². The highest BCUT2D eigenvalue weighted by Gasteiger charge is 2.41. The monoisotopic (exact) mass is 267 g/mol. The van der Waals surface area contributed by atoms with Crippen LogP contribution < -0.4 is 5.48 Å². The fourth-order valence-electron chi connectivity index (χ4n) is 1.78.